The molecule has 0 amide bonds. The molecule has 1 N–H and O–H groups in total. The minimum atomic E-state index is -0.715. The zero-order valence-corrected chi connectivity index (χ0v) is 8.05. The van der Waals surface area contributed by atoms with Crippen molar-refractivity contribution in [2.75, 3.05) is 6.54 Å². The van der Waals surface area contributed by atoms with E-state index in [1.807, 2.05) is 42.2 Å². The minimum absolute atomic E-state index is 0.206. The molecule has 0 spiro atoms. The Hall–Kier alpha value is -1.35. The number of nitrogens with zero attached hydrogens (tertiary/aromatic N) is 1. The summed E-state index contributed by atoms with van der Waals surface area (Å²) in [7, 11) is 0. The molecule has 0 aromatic heterocycles. The molecule has 0 aliphatic carbocycles. The fraction of sp³-hybridized carbons (Fsp3) is 0.364. The lowest BCUT2D eigenvalue weighted by Gasteiger charge is -2.12. The average Bonchev–Trinajstić information content (AvgIpc) is 2.97. The average molecular weight is 191 g/mol. The fourth-order valence-electron chi connectivity index (χ4n) is 1.72. The molecule has 74 valence electrons. The van der Waals surface area contributed by atoms with Crippen LogP contribution in [0.1, 0.15) is 18.5 Å². The van der Waals surface area contributed by atoms with E-state index in [1.165, 1.54) is 5.56 Å². The molecule has 1 aliphatic rings. The number of hydrogen-bond donors (Lipinski definition) is 1. The van der Waals surface area contributed by atoms with Crippen LogP contribution in [0.3, 0.4) is 0 Å². The van der Waals surface area contributed by atoms with Crippen LogP contribution in [0.15, 0.2) is 30.3 Å². The van der Waals surface area contributed by atoms with E-state index in [2.05, 4.69) is 0 Å². The van der Waals surface area contributed by atoms with E-state index in [9.17, 15) is 4.79 Å². The number of aliphatic carboxylic acids is 1. The fourth-order valence-corrected chi connectivity index (χ4v) is 1.72. The summed E-state index contributed by atoms with van der Waals surface area (Å²) in [6, 6.07) is 9.91. The first-order chi connectivity index (χ1) is 6.70. The van der Waals surface area contributed by atoms with Crippen LogP contribution in [0.2, 0.25) is 0 Å². The monoisotopic (exact) mass is 191 g/mol. The number of carboxylic acid groups (broad SMARTS) is 1. The minimum Gasteiger partial charge on any atom is -0.480 e. The van der Waals surface area contributed by atoms with E-state index in [4.69, 9.17) is 5.11 Å². The maximum atomic E-state index is 10.7. The largest absolute Gasteiger partial charge is 0.480 e. The van der Waals surface area contributed by atoms with Crippen molar-refractivity contribution in [1.29, 1.82) is 0 Å². The van der Waals surface area contributed by atoms with Crippen LogP contribution in [0.25, 0.3) is 0 Å². The molecule has 3 atom stereocenters. The third-order valence-electron chi connectivity index (χ3n) is 2.72. The van der Waals surface area contributed by atoms with Crippen molar-refractivity contribution in [3.63, 3.8) is 0 Å². The second-order valence-electron chi connectivity index (χ2n) is 3.64. The van der Waals surface area contributed by atoms with Crippen molar-refractivity contribution in [1.82, 2.24) is 4.90 Å². The van der Waals surface area contributed by atoms with Gasteiger partial charge in [-0.15, -0.1) is 0 Å². The molecule has 0 saturated carbocycles. The Morgan fingerprint density at radius 3 is 2.64 bits per heavy atom. The molecule has 0 radical (unpaired) electrons. The number of hydrogen-bond acceptors (Lipinski definition) is 2. The molecule has 1 heterocycles. The third-order valence-corrected chi connectivity index (χ3v) is 2.72. The van der Waals surface area contributed by atoms with E-state index in [0.717, 1.165) is 0 Å². The summed E-state index contributed by atoms with van der Waals surface area (Å²) in [4.78, 5) is 12.6. The van der Waals surface area contributed by atoms with E-state index < -0.39 is 5.97 Å². The Bertz CT molecular complexity index is 336. The molecule has 3 nitrogen and oxygen atoms in total. The molecule has 2 rings (SSSR count). The summed E-state index contributed by atoms with van der Waals surface area (Å²) < 4.78 is 0. The first kappa shape index (κ1) is 9.21. The maximum absolute atomic E-state index is 10.7. The predicted octanol–water partition coefficient (Wildman–Crippen LogP) is 1.52. The van der Waals surface area contributed by atoms with E-state index in [0.29, 0.717) is 6.54 Å². The summed E-state index contributed by atoms with van der Waals surface area (Å²) in [6.07, 6.45) is 0. The van der Waals surface area contributed by atoms with Crippen LogP contribution >= 0.6 is 0 Å². The standard InChI is InChI=1S/C11H13NO2/c1-8(9-5-3-2-4-6-9)12-7-10(12)11(13)14/h2-6,8,10H,7H2,1H3,(H,13,14)/t8-,10+,12?/m1/s1. The zero-order chi connectivity index (χ0) is 10.1. The topological polar surface area (TPSA) is 40.3 Å². The zero-order valence-electron chi connectivity index (χ0n) is 8.05. The molecular weight excluding hydrogens is 178 g/mol. The quantitative estimate of drug-likeness (QED) is 0.736. The first-order valence-electron chi connectivity index (χ1n) is 4.73. The van der Waals surface area contributed by atoms with Gasteiger partial charge in [-0.25, -0.2) is 0 Å². The summed E-state index contributed by atoms with van der Waals surface area (Å²) in [6.45, 7) is 2.71. The Labute approximate surface area is 83.0 Å². The van der Waals surface area contributed by atoms with Gasteiger partial charge in [0.25, 0.3) is 0 Å². The van der Waals surface area contributed by atoms with Gasteiger partial charge in [-0.3, -0.25) is 9.69 Å². The second kappa shape index (κ2) is 3.42. The van der Waals surface area contributed by atoms with Gasteiger partial charge in [-0.1, -0.05) is 30.3 Å². The molecule has 1 saturated heterocycles. The highest BCUT2D eigenvalue weighted by molar-refractivity contribution is 5.77. The third kappa shape index (κ3) is 1.63. The summed E-state index contributed by atoms with van der Waals surface area (Å²) in [5, 5.41) is 8.78. The van der Waals surface area contributed by atoms with Gasteiger partial charge in [0, 0.05) is 12.6 Å². The molecule has 3 heteroatoms. The number of carbonyl (C=O) groups is 1. The maximum Gasteiger partial charge on any atom is 0.322 e. The molecule has 1 fully saturated rings. The first-order valence-corrected chi connectivity index (χ1v) is 4.73. The molecule has 14 heavy (non-hydrogen) atoms. The van der Waals surface area contributed by atoms with E-state index in [-0.39, 0.29) is 12.1 Å². The summed E-state index contributed by atoms with van der Waals surface area (Å²) in [5.41, 5.74) is 1.18. The molecule has 1 aromatic carbocycles. The molecular formula is C11H13NO2. The molecule has 1 aliphatic heterocycles. The highest BCUT2D eigenvalue weighted by atomic mass is 16.4. The van der Waals surface area contributed by atoms with Crippen molar-refractivity contribution < 1.29 is 9.90 Å². The summed E-state index contributed by atoms with van der Waals surface area (Å²) in [5.74, 6) is -0.715. The van der Waals surface area contributed by atoms with Crippen molar-refractivity contribution >= 4 is 5.97 Å². The van der Waals surface area contributed by atoms with Crippen LogP contribution in [0.4, 0.5) is 0 Å². The Morgan fingerprint density at radius 1 is 1.50 bits per heavy atom. The highest BCUT2D eigenvalue weighted by Gasteiger charge is 2.43. The van der Waals surface area contributed by atoms with Crippen LogP contribution in [-0.4, -0.2) is 28.6 Å². The Balaban J connectivity index is 2.05. The lowest BCUT2D eigenvalue weighted by molar-refractivity contribution is -0.137. The predicted molar refractivity (Wildman–Crippen MR) is 53.0 cm³/mol. The van der Waals surface area contributed by atoms with E-state index in [1.54, 1.807) is 0 Å². The SMILES string of the molecule is C[C@H](c1ccccc1)N1C[C@H]1C(=O)O. The highest BCUT2D eigenvalue weighted by Crippen LogP contribution is 2.31. The number of carboxylic acids is 1. The van der Waals surface area contributed by atoms with Crippen molar-refractivity contribution in [2.24, 2.45) is 0 Å². The van der Waals surface area contributed by atoms with Gasteiger partial charge >= 0.3 is 5.97 Å². The van der Waals surface area contributed by atoms with Gasteiger partial charge in [0.15, 0.2) is 0 Å². The number of rotatable bonds is 3. The Kier molecular flexibility index (Phi) is 2.25. The van der Waals surface area contributed by atoms with Crippen LogP contribution in [-0.2, 0) is 4.79 Å². The van der Waals surface area contributed by atoms with E-state index >= 15 is 0 Å². The van der Waals surface area contributed by atoms with Gasteiger partial charge in [0.2, 0.25) is 0 Å². The summed E-state index contributed by atoms with van der Waals surface area (Å²) >= 11 is 0. The normalized spacial score (nSPS) is 26.9. The van der Waals surface area contributed by atoms with Crippen molar-refractivity contribution in [2.45, 2.75) is 19.0 Å². The van der Waals surface area contributed by atoms with Crippen LogP contribution in [0, 0.1) is 0 Å². The van der Waals surface area contributed by atoms with Crippen molar-refractivity contribution in [3.05, 3.63) is 35.9 Å². The van der Waals surface area contributed by atoms with Gasteiger partial charge in [0.1, 0.15) is 6.04 Å². The van der Waals surface area contributed by atoms with Gasteiger partial charge in [-0.2, -0.15) is 0 Å². The molecule has 1 aromatic rings. The molecule has 1 unspecified atom stereocenters. The van der Waals surface area contributed by atoms with Gasteiger partial charge in [-0.05, 0) is 12.5 Å². The number of benzene rings is 1. The van der Waals surface area contributed by atoms with Gasteiger partial charge < -0.3 is 5.11 Å². The second-order valence-corrected chi connectivity index (χ2v) is 3.64. The van der Waals surface area contributed by atoms with Crippen molar-refractivity contribution in [3.8, 4) is 0 Å². The molecule has 0 bridgehead atoms. The van der Waals surface area contributed by atoms with Crippen LogP contribution in [0.5, 0.6) is 0 Å². The lowest BCUT2D eigenvalue weighted by Crippen LogP contribution is -2.14. The van der Waals surface area contributed by atoms with Crippen LogP contribution < -0.4 is 0 Å². The Morgan fingerprint density at radius 2 is 2.14 bits per heavy atom. The lowest BCUT2D eigenvalue weighted by atomic mass is 10.1. The smallest absolute Gasteiger partial charge is 0.322 e. The van der Waals surface area contributed by atoms with Gasteiger partial charge in [0.05, 0.1) is 0 Å².